The molecule has 20 heavy (non-hydrogen) atoms. The van der Waals surface area contributed by atoms with E-state index >= 15 is 0 Å². The molecule has 3 nitrogen and oxygen atoms in total. The van der Waals surface area contributed by atoms with E-state index in [1.54, 1.807) is 22.0 Å². The molecule has 2 heterocycles. The Balaban J connectivity index is 2.40. The molecule has 1 aromatic carbocycles. The summed E-state index contributed by atoms with van der Waals surface area (Å²) in [6.07, 6.45) is 0.719. The molecule has 3 rings (SSSR count). The van der Waals surface area contributed by atoms with Gasteiger partial charge in [0.15, 0.2) is 0 Å². The first-order valence-corrected chi connectivity index (χ1v) is 7.78. The van der Waals surface area contributed by atoms with Gasteiger partial charge in [-0.25, -0.2) is 4.98 Å². The van der Waals surface area contributed by atoms with E-state index < -0.39 is 0 Å². The largest absolute Gasteiger partial charge is 0.268 e. The van der Waals surface area contributed by atoms with Gasteiger partial charge in [-0.05, 0) is 30.0 Å². The summed E-state index contributed by atoms with van der Waals surface area (Å²) < 4.78 is 1.62. The number of halogens is 1. The molecule has 1 unspecified atom stereocenters. The Labute approximate surface area is 125 Å². The highest BCUT2D eigenvalue weighted by molar-refractivity contribution is 7.08. The van der Waals surface area contributed by atoms with Gasteiger partial charge in [-0.3, -0.25) is 9.36 Å². The molecule has 0 aliphatic carbocycles. The van der Waals surface area contributed by atoms with Crippen LogP contribution in [0.3, 0.4) is 0 Å². The van der Waals surface area contributed by atoms with Crippen molar-refractivity contribution >= 4 is 33.8 Å². The third-order valence-electron chi connectivity index (χ3n) is 3.20. The van der Waals surface area contributed by atoms with Crippen LogP contribution in [0.15, 0.2) is 45.9 Å². The van der Waals surface area contributed by atoms with E-state index in [9.17, 15) is 4.79 Å². The quantitative estimate of drug-likeness (QED) is 0.682. The maximum absolute atomic E-state index is 12.7. The average Bonchev–Trinajstić information content (AvgIpc) is 3.00. The molecule has 0 spiro atoms. The normalized spacial score (nSPS) is 12.7. The minimum atomic E-state index is -0.285. The number of hydrogen-bond acceptors (Lipinski definition) is 3. The van der Waals surface area contributed by atoms with Crippen LogP contribution in [-0.2, 0) is 0 Å². The second kappa shape index (κ2) is 5.38. The number of aromatic nitrogens is 2. The average molecular weight is 305 g/mol. The monoisotopic (exact) mass is 304 g/mol. The topological polar surface area (TPSA) is 34.9 Å². The van der Waals surface area contributed by atoms with Gasteiger partial charge < -0.3 is 0 Å². The van der Waals surface area contributed by atoms with Crippen LogP contribution in [-0.4, -0.2) is 9.55 Å². The van der Waals surface area contributed by atoms with Crippen LogP contribution in [0.1, 0.15) is 24.5 Å². The summed E-state index contributed by atoms with van der Waals surface area (Å²) in [5.74, 6) is 0.608. The molecule has 0 N–H and O–H groups in total. The number of para-hydroxylation sites is 1. The Hall–Kier alpha value is -1.65. The van der Waals surface area contributed by atoms with Gasteiger partial charge in [0.2, 0.25) is 0 Å². The van der Waals surface area contributed by atoms with Crippen molar-refractivity contribution in [2.45, 2.75) is 18.7 Å². The lowest BCUT2D eigenvalue weighted by Gasteiger charge is -2.15. The zero-order chi connectivity index (χ0) is 14.1. The lowest BCUT2D eigenvalue weighted by atomic mass is 10.2. The molecule has 2 aromatic heterocycles. The van der Waals surface area contributed by atoms with Gasteiger partial charge in [-0.2, -0.15) is 11.3 Å². The number of rotatable bonds is 3. The standard InChI is InChI=1S/C15H13ClN2OS/c1-2-12(16)14-17-13-6-4-3-5-11(13)15(19)18(14)10-7-8-20-9-10/h3-9,12H,2H2,1H3. The van der Waals surface area contributed by atoms with Crippen molar-refractivity contribution in [3.05, 3.63) is 57.3 Å². The lowest BCUT2D eigenvalue weighted by molar-refractivity contribution is 0.752. The third-order valence-corrected chi connectivity index (χ3v) is 4.38. The van der Waals surface area contributed by atoms with Crippen LogP contribution in [0.25, 0.3) is 16.6 Å². The summed E-state index contributed by atoms with van der Waals surface area (Å²) in [6.45, 7) is 1.98. The molecule has 0 bridgehead atoms. The maximum atomic E-state index is 12.7. The smallest absolute Gasteiger partial charge is 0.266 e. The van der Waals surface area contributed by atoms with E-state index in [1.807, 2.05) is 41.9 Å². The van der Waals surface area contributed by atoms with Crippen LogP contribution >= 0.6 is 22.9 Å². The molecule has 3 aromatic rings. The predicted molar refractivity (Wildman–Crippen MR) is 84.1 cm³/mol. The molecule has 1 atom stereocenters. The van der Waals surface area contributed by atoms with Crippen molar-refractivity contribution in [3.8, 4) is 5.69 Å². The molecular weight excluding hydrogens is 292 g/mol. The highest BCUT2D eigenvalue weighted by Gasteiger charge is 2.18. The highest BCUT2D eigenvalue weighted by atomic mass is 35.5. The third kappa shape index (κ3) is 2.15. The molecule has 0 amide bonds. The Morgan fingerprint density at radius 3 is 2.85 bits per heavy atom. The molecule has 0 aliphatic heterocycles. The minimum absolute atomic E-state index is 0.0666. The van der Waals surface area contributed by atoms with E-state index in [0.29, 0.717) is 16.7 Å². The van der Waals surface area contributed by atoms with Crippen molar-refractivity contribution in [3.63, 3.8) is 0 Å². The summed E-state index contributed by atoms with van der Waals surface area (Å²) >= 11 is 7.91. The second-order valence-corrected chi connectivity index (χ2v) is 5.79. The molecule has 0 aliphatic rings. The number of nitrogens with zero attached hydrogens (tertiary/aromatic N) is 2. The number of fused-ring (bicyclic) bond motifs is 1. The number of hydrogen-bond donors (Lipinski definition) is 0. The van der Waals surface area contributed by atoms with E-state index in [2.05, 4.69) is 4.98 Å². The zero-order valence-electron chi connectivity index (χ0n) is 10.9. The zero-order valence-corrected chi connectivity index (χ0v) is 12.5. The fourth-order valence-electron chi connectivity index (χ4n) is 2.18. The van der Waals surface area contributed by atoms with E-state index in [4.69, 9.17) is 11.6 Å². The number of benzene rings is 1. The van der Waals surface area contributed by atoms with Gasteiger partial charge in [-0.15, -0.1) is 11.6 Å². The molecule has 0 saturated carbocycles. The first kappa shape index (κ1) is 13.3. The molecule has 0 radical (unpaired) electrons. The van der Waals surface area contributed by atoms with Crippen LogP contribution in [0.4, 0.5) is 0 Å². The van der Waals surface area contributed by atoms with Gasteiger partial charge in [0, 0.05) is 5.38 Å². The Bertz CT molecular complexity index is 795. The molecule has 0 saturated heterocycles. The highest BCUT2D eigenvalue weighted by Crippen LogP contribution is 2.25. The van der Waals surface area contributed by atoms with Crippen molar-refractivity contribution in [2.75, 3.05) is 0 Å². The van der Waals surface area contributed by atoms with Crippen molar-refractivity contribution in [2.24, 2.45) is 0 Å². The minimum Gasteiger partial charge on any atom is -0.268 e. The summed E-state index contributed by atoms with van der Waals surface area (Å²) in [5.41, 5.74) is 1.45. The van der Waals surface area contributed by atoms with Crippen LogP contribution in [0.2, 0.25) is 0 Å². The first-order valence-electron chi connectivity index (χ1n) is 6.40. The van der Waals surface area contributed by atoms with Crippen molar-refractivity contribution < 1.29 is 0 Å². The summed E-state index contributed by atoms with van der Waals surface area (Å²) in [7, 11) is 0. The Morgan fingerprint density at radius 2 is 2.15 bits per heavy atom. The summed E-state index contributed by atoms with van der Waals surface area (Å²) in [6, 6.07) is 9.28. The summed E-state index contributed by atoms with van der Waals surface area (Å²) in [4.78, 5) is 17.3. The fourth-order valence-corrected chi connectivity index (χ4v) is 2.94. The SMILES string of the molecule is CCC(Cl)c1nc2ccccc2c(=O)n1-c1ccsc1. The lowest BCUT2D eigenvalue weighted by Crippen LogP contribution is -2.24. The van der Waals surface area contributed by atoms with Gasteiger partial charge in [-0.1, -0.05) is 19.1 Å². The molecule has 102 valence electrons. The predicted octanol–water partition coefficient (Wildman–Crippen LogP) is 4.14. The van der Waals surface area contributed by atoms with Gasteiger partial charge in [0.05, 0.1) is 22.0 Å². The van der Waals surface area contributed by atoms with E-state index in [1.165, 1.54) is 0 Å². The number of thiophene rings is 1. The fraction of sp³-hybridized carbons (Fsp3) is 0.200. The van der Waals surface area contributed by atoms with E-state index in [0.717, 1.165) is 12.1 Å². The van der Waals surface area contributed by atoms with Crippen LogP contribution in [0.5, 0.6) is 0 Å². The second-order valence-electron chi connectivity index (χ2n) is 4.49. The molecular formula is C15H13ClN2OS. The molecule has 0 fully saturated rings. The first-order chi connectivity index (χ1) is 9.72. The summed E-state index contributed by atoms with van der Waals surface area (Å²) in [5, 5.41) is 4.20. The van der Waals surface area contributed by atoms with Crippen molar-refractivity contribution in [1.82, 2.24) is 9.55 Å². The van der Waals surface area contributed by atoms with Gasteiger partial charge in [0.25, 0.3) is 5.56 Å². The van der Waals surface area contributed by atoms with Crippen molar-refractivity contribution in [1.29, 1.82) is 0 Å². The van der Waals surface area contributed by atoms with Crippen LogP contribution < -0.4 is 5.56 Å². The van der Waals surface area contributed by atoms with E-state index in [-0.39, 0.29) is 10.9 Å². The number of alkyl halides is 1. The maximum Gasteiger partial charge on any atom is 0.266 e. The molecule has 5 heteroatoms. The Kier molecular flexibility index (Phi) is 3.59. The Morgan fingerprint density at radius 1 is 1.35 bits per heavy atom. The van der Waals surface area contributed by atoms with Gasteiger partial charge >= 0.3 is 0 Å². The van der Waals surface area contributed by atoms with Gasteiger partial charge in [0.1, 0.15) is 5.82 Å². The van der Waals surface area contributed by atoms with Crippen LogP contribution in [0, 0.1) is 0 Å².